The summed E-state index contributed by atoms with van der Waals surface area (Å²) in [6.07, 6.45) is 6.56. The molecule has 16 heavy (non-hydrogen) atoms. The fraction of sp³-hybridized carbons (Fsp3) is 0.250. The number of unbranched alkanes of at least 4 members (excludes halogenated alkanes) is 1. The Morgan fingerprint density at radius 1 is 1.50 bits per heavy atom. The van der Waals surface area contributed by atoms with Gasteiger partial charge in [-0.15, -0.1) is 12.3 Å². The Morgan fingerprint density at radius 2 is 2.25 bits per heavy atom. The van der Waals surface area contributed by atoms with E-state index in [4.69, 9.17) is 12.2 Å². The monoisotopic (exact) mass is 280 g/mol. The van der Waals surface area contributed by atoms with Gasteiger partial charge < -0.3 is 11.1 Å². The van der Waals surface area contributed by atoms with Gasteiger partial charge in [0.05, 0.1) is 0 Å². The van der Waals surface area contributed by atoms with Crippen molar-refractivity contribution in [3.63, 3.8) is 0 Å². The van der Waals surface area contributed by atoms with Crippen LogP contribution >= 0.6 is 15.9 Å². The van der Waals surface area contributed by atoms with Crippen molar-refractivity contribution in [2.75, 3.05) is 12.3 Å². The maximum Gasteiger partial charge on any atom is 0.251 e. The molecule has 1 aromatic rings. The van der Waals surface area contributed by atoms with Crippen LogP contribution in [0, 0.1) is 12.3 Å². The van der Waals surface area contributed by atoms with E-state index in [1.54, 1.807) is 18.2 Å². The smallest absolute Gasteiger partial charge is 0.251 e. The first-order valence-corrected chi connectivity index (χ1v) is 5.70. The molecule has 0 fully saturated rings. The molecular weight excluding hydrogens is 268 g/mol. The summed E-state index contributed by atoms with van der Waals surface area (Å²) in [5.41, 5.74) is 6.74. The van der Waals surface area contributed by atoms with Crippen molar-refractivity contribution < 1.29 is 4.79 Å². The number of benzene rings is 1. The van der Waals surface area contributed by atoms with Crippen LogP contribution in [0.25, 0.3) is 0 Å². The molecule has 0 aromatic heterocycles. The SMILES string of the molecule is C#CCCCNC(=O)c1cc(N)cc(Br)c1. The van der Waals surface area contributed by atoms with Crippen LogP contribution in [0.5, 0.6) is 0 Å². The third-order valence-corrected chi connectivity index (χ3v) is 2.42. The van der Waals surface area contributed by atoms with E-state index in [2.05, 4.69) is 27.2 Å². The average Bonchev–Trinajstić information content (AvgIpc) is 2.22. The number of nitrogen functional groups attached to an aromatic ring is 1. The molecule has 0 atom stereocenters. The van der Waals surface area contributed by atoms with Crippen LogP contribution in [0.1, 0.15) is 23.2 Å². The van der Waals surface area contributed by atoms with Gasteiger partial charge in [0.25, 0.3) is 5.91 Å². The van der Waals surface area contributed by atoms with Gasteiger partial charge in [-0.25, -0.2) is 0 Å². The number of hydrogen-bond donors (Lipinski definition) is 2. The van der Waals surface area contributed by atoms with E-state index in [1.807, 2.05) is 0 Å². The van der Waals surface area contributed by atoms with Crippen LogP contribution in [-0.4, -0.2) is 12.5 Å². The minimum atomic E-state index is -0.134. The highest BCUT2D eigenvalue weighted by Gasteiger charge is 2.06. The van der Waals surface area contributed by atoms with Crippen molar-refractivity contribution in [3.05, 3.63) is 28.2 Å². The zero-order valence-corrected chi connectivity index (χ0v) is 10.4. The molecule has 0 aliphatic heterocycles. The molecule has 0 aliphatic carbocycles. The number of carbonyl (C=O) groups excluding carboxylic acids is 1. The molecule has 1 rings (SSSR count). The van der Waals surface area contributed by atoms with Crippen LogP contribution in [0.2, 0.25) is 0 Å². The molecule has 0 spiro atoms. The van der Waals surface area contributed by atoms with Crippen molar-refractivity contribution >= 4 is 27.5 Å². The molecule has 0 aliphatic rings. The predicted octanol–water partition coefficient (Wildman–Crippen LogP) is 2.17. The number of amides is 1. The topological polar surface area (TPSA) is 55.1 Å². The zero-order valence-electron chi connectivity index (χ0n) is 8.79. The number of terminal acetylenes is 1. The summed E-state index contributed by atoms with van der Waals surface area (Å²) >= 11 is 3.29. The Hall–Kier alpha value is -1.47. The molecule has 84 valence electrons. The van der Waals surface area contributed by atoms with E-state index in [9.17, 15) is 4.79 Å². The van der Waals surface area contributed by atoms with Crippen molar-refractivity contribution in [3.8, 4) is 12.3 Å². The number of nitrogens with two attached hydrogens (primary N) is 1. The van der Waals surface area contributed by atoms with Crippen LogP contribution < -0.4 is 11.1 Å². The first-order chi connectivity index (χ1) is 7.63. The highest BCUT2D eigenvalue weighted by Crippen LogP contribution is 2.17. The number of rotatable bonds is 4. The van der Waals surface area contributed by atoms with Crippen LogP contribution in [0.3, 0.4) is 0 Å². The van der Waals surface area contributed by atoms with Gasteiger partial charge in [0, 0.05) is 28.7 Å². The number of nitrogens with one attached hydrogen (secondary N) is 1. The third kappa shape index (κ3) is 3.95. The van der Waals surface area contributed by atoms with Crippen molar-refractivity contribution in [1.82, 2.24) is 5.32 Å². The van der Waals surface area contributed by atoms with Gasteiger partial charge >= 0.3 is 0 Å². The van der Waals surface area contributed by atoms with Crippen molar-refractivity contribution in [2.24, 2.45) is 0 Å². The Balaban J connectivity index is 2.56. The van der Waals surface area contributed by atoms with E-state index < -0.39 is 0 Å². The fourth-order valence-electron chi connectivity index (χ4n) is 1.24. The van der Waals surface area contributed by atoms with E-state index in [0.29, 0.717) is 24.2 Å². The fourth-order valence-corrected chi connectivity index (χ4v) is 1.75. The first-order valence-electron chi connectivity index (χ1n) is 4.91. The lowest BCUT2D eigenvalue weighted by molar-refractivity contribution is 0.0953. The van der Waals surface area contributed by atoms with Crippen molar-refractivity contribution in [1.29, 1.82) is 0 Å². The Kier molecular flexibility index (Phi) is 4.87. The quantitative estimate of drug-likeness (QED) is 0.505. The largest absolute Gasteiger partial charge is 0.399 e. The highest BCUT2D eigenvalue weighted by molar-refractivity contribution is 9.10. The molecule has 3 N–H and O–H groups in total. The highest BCUT2D eigenvalue weighted by atomic mass is 79.9. The molecule has 3 nitrogen and oxygen atoms in total. The average molecular weight is 281 g/mol. The van der Waals surface area contributed by atoms with Gasteiger partial charge in [-0.3, -0.25) is 4.79 Å². The summed E-state index contributed by atoms with van der Waals surface area (Å²) in [5, 5.41) is 2.78. The molecule has 0 heterocycles. The van der Waals surface area contributed by atoms with E-state index in [1.165, 1.54) is 0 Å². The summed E-state index contributed by atoms with van der Waals surface area (Å²) in [7, 11) is 0. The second-order valence-corrected chi connectivity index (χ2v) is 4.25. The molecular formula is C12H13BrN2O. The molecule has 0 bridgehead atoms. The summed E-state index contributed by atoms with van der Waals surface area (Å²) in [6, 6.07) is 5.11. The van der Waals surface area contributed by atoms with E-state index >= 15 is 0 Å². The van der Waals surface area contributed by atoms with Crippen LogP contribution in [0.15, 0.2) is 22.7 Å². The van der Waals surface area contributed by atoms with Gasteiger partial charge in [-0.05, 0) is 24.6 Å². The first kappa shape index (κ1) is 12.6. The van der Waals surface area contributed by atoms with Crippen LogP contribution in [-0.2, 0) is 0 Å². The lowest BCUT2D eigenvalue weighted by atomic mass is 10.2. The standard InChI is InChI=1S/C12H13BrN2O/c1-2-3-4-5-15-12(16)9-6-10(13)8-11(14)7-9/h1,6-8H,3-5,14H2,(H,15,16). The number of hydrogen-bond acceptors (Lipinski definition) is 2. The van der Waals surface area contributed by atoms with Gasteiger partial charge in [0.2, 0.25) is 0 Å². The number of carbonyl (C=O) groups is 1. The second-order valence-electron chi connectivity index (χ2n) is 3.34. The zero-order chi connectivity index (χ0) is 12.0. The van der Waals surface area contributed by atoms with Crippen molar-refractivity contribution in [2.45, 2.75) is 12.8 Å². The molecule has 4 heteroatoms. The van der Waals surface area contributed by atoms with Gasteiger partial charge in [-0.1, -0.05) is 15.9 Å². The van der Waals surface area contributed by atoms with Gasteiger partial charge in [0.15, 0.2) is 0 Å². The molecule has 0 saturated carbocycles. The third-order valence-electron chi connectivity index (χ3n) is 1.97. The van der Waals surface area contributed by atoms with E-state index in [-0.39, 0.29) is 5.91 Å². The summed E-state index contributed by atoms with van der Waals surface area (Å²) in [5.74, 6) is 2.39. The summed E-state index contributed by atoms with van der Waals surface area (Å²) < 4.78 is 0.793. The Morgan fingerprint density at radius 3 is 2.88 bits per heavy atom. The molecule has 0 unspecified atom stereocenters. The second kappa shape index (κ2) is 6.19. The van der Waals surface area contributed by atoms with Crippen LogP contribution in [0.4, 0.5) is 5.69 Å². The normalized spacial score (nSPS) is 9.50. The predicted molar refractivity (Wildman–Crippen MR) is 69.0 cm³/mol. The summed E-state index contributed by atoms with van der Waals surface area (Å²) in [6.45, 7) is 0.579. The molecule has 0 radical (unpaired) electrons. The lowest BCUT2D eigenvalue weighted by Gasteiger charge is -2.05. The maximum atomic E-state index is 11.7. The molecule has 1 amide bonds. The Bertz CT molecular complexity index is 403. The lowest BCUT2D eigenvalue weighted by Crippen LogP contribution is -2.24. The van der Waals surface area contributed by atoms with Gasteiger partial charge in [0.1, 0.15) is 0 Å². The number of halogens is 1. The minimum absolute atomic E-state index is 0.134. The maximum absolute atomic E-state index is 11.7. The summed E-state index contributed by atoms with van der Waals surface area (Å²) in [4.78, 5) is 11.7. The minimum Gasteiger partial charge on any atom is -0.399 e. The van der Waals surface area contributed by atoms with E-state index in [0.717, 1.165) is 10.9 Å². The number of anilines is 1. The molecule has 0 saturated heterocycles. The Labute approximate surface area is 104 Å². The molecule has 1 aromatic carbocycles. The van der Waals surface area contributed by atoms with Gasteiger partial charge in [-0.2, -0.15) is 0 Å².